The maximum absolute atomic E-state index is 11.0. The minimum Gasteiger partial charge on any atom is -0.507 e. The number of carbonyl (C=O) groups is 1. The van der Waals surface area contributed by atoms with Crippen LogP contribution in [-0.4, -0.2) is 21.1 Å². The summed E-state index contributed by atoms with van der Waals surface area (Å²) in [5.41, 5.74) is 0.874. The van der Waals surface area contributed by atoms with E-state index in [0.717, 1.165) is 0 Å². The maximum Gasteiger partial charge on any atom is 0.159 e. The molecule has 0 bridgehead atoms. The van der Waals surface area contributed by atoms with Crippen molar-refractivity contribution in [2.24, 2.45) is 0 Å². The number of Topliss-reactive ketones (excluding diaryl/α,β-unsaturated/α-hetero) is 1. The molecule has 3 N–H and O–H groups in total. The number of rotatable bonds is 3. The molecular weight excluding hydrogens is 184 g/mol. The van der Waals surface area contributed by atoms with Crippen molar-refractivity contribution in [2.75, 3.05) is 0 Å². The monoisotopic (exact) mass is 196 g/mol. The first-order valence-electron chi connectivity index (χ1n) is 4.17. The standard InChI is InChI=1S/C10H12O4/c1-6(13)7-2-8(4-11)10(14)9(3-7)5-12/h2-3,11-12,14H,4-5H2,1H3. The Bertz CT molecular complexity index is 332. The number of carbonyl (C=O) groups excluding carboxylic acids is 1. The number of benzene rings is 1. The van der Waals surface area contributed by atoms with Crippen LogP contribution in [0.2, 0.25) is 0 Å². The molecule has 0 fully saturated rings. The van der Waals surface area contributed by atoms with Crippen molar-refractivity contribution in [1.29, 1.82) is 0 Å². The molecule has 0 aromatic heterocycles. The van der Waals surface area contributed by atoms with Gasteiger partial charge in [-0.05, 0) is 19.1 Å². The number of aromatic hydroxyl groups is 1. The predicted octanol–water partition coefficient (Wildman–Crippen LogP) is 0.579. The molecule has 0 unspecified atom stereocenters. The second-order valence-electron chi connectivity index (χ2n) is 3.02. The van der Waals surface area contributed by atoms with E-state index < -0.39 is 0 Å². The van der Waals surface area contributed by atoms with E-state index in [2.05, 4.69) is 0 Å². The summed E-state index contributed by atoms with van der Waals surface area (Å²) < 4.78 is 0. The summed E-state index contributed by atoms with van der Waals surface area (Å²) in [6.45, 7) is 0.661. The lowest BCUT2D eigenvalue weighted by Gasteiger charge is -2.08. The average molecular weight is 196 g/mol. The third kappa shape index (κ3) is 1.92. The summed E-state index contributed by atoms with van der Waals surface area (Å²) in [6.07, 6.45) is 0. The molecule has 0 saturated heterocycles. The van der Waals surface area contributed by atoms with Crippen molar-refractivity contribution in [3.05, 3.63) is 28.8 Å². The Morgan fingerprint density at radius 3 is 1.93 bits per heavy atom. The van der Waals surface area contributed by atoms with E-state index in [1.165, 1.54) is 19.1 Å². The topological polar surface area (TPSA) is 77.8 Å². The van der Waals surface area contributed by atoms with Crippen molar-refractivity contribution >= 4 is 5.78 Å². The summed E-state index contributed by atoms with van der Waals surface area (Å²) in [5, 5.41) is 27.2. The lowest BCUT2D eigenvalue weighted by atomic mass is 10.0. The quantitative estimate of drug-likeness (QED) is 0.618. The normalized spacial score (nSPS) is 10.2. The highest BCUT2D eigenvalue weighted by Gasteiger charge is 2.10. The van der Waals surface area contributed by atoms with Crippen molar-refractivity contribution in [1.82, 2.24) is 0 Å². The van der Waals surface area contributed by atoms with Gasteiger partial charge in [-0.15, -0.1) is 0 Å². The Hall–Kier alpha value is -1.39. The molecule has 14 heavy (non-hydrogen) atoms. The van der Waals surface area contributed by atoms with Crippen LogP contribution in [0.1, 0.15) is 28.4 Å². The third-order valence-corrected chi connectivity index (χ3v) is 2.02. The summed E-state index contributed by atoms with van der Waals surface area (Å²) >= 11 is 0. The largest absolute Gasteiger partial charge is 0.507 e. The van der Waals surface area contributed by atoms with Crippen LogP contribution < -0.4 is 0 Å². The van der Waals surface area contributed by atoms with Gasteiger partial charge in [0.1, 0.15) is 5.75 Å². The second-order valence-corrected chi connectivity index (χ2v) is 3.02. The summed E-state index contributed by atoms with van der Waals surface area (Å²) in [5.74, 6) is -0.325. The number of hydrogen-bond donors (Lipinski definition) is 3. The van der Waals surface area contributed by atoms with Gasteiger partial charge in [0.05, 0.1) is 13.2 Å². The average Bonchev–Trinajstić information content (AvgIpc) is 2.17. The van der Waals surface area contributed by atoms with Crippen LogP contribution in [0.4, 0.5) is 0 Å². The molecule has 1 aromatic rings. The first-order valence-corrected chi connectivity index (χ1v) is 4.17. The van der Waals surface area contributed by atoms with Crippen LogP contribution in [0.25, 0.3) is 0 Å². The molecule has 0 atom stereocenters. The zero-order valence-corrected chi connectivity index (χ0v) is 7.82. The molecule has 0 heterocycles. The molecule has 0 aliphatic rings. The number of phenols is 1. The Morgan fingerprint density at radius 2 is 1.64 bits per heavy atom. The van der Waals surface area contributed by atoms with Gasteiger partial charge in [-0.3, -0.25) is 4.79 Å². The van der Waals surface area contributed by atoms with Crippen molar-refractivity contribution in [2.45, 2.75) is 20.1 Å². The molecule has 0 amide bonds. The Balaban J connectivity index is 3.32. The number of ketones is 1. The van der Waals surface area contributed by atoms with Gasteiger partial charge in [0.15, 0.2) is 5.78 Å². The number of aliphatic hydroxyl groups excluding tert-OH is 2. The van der Waals surface area contributed by atoms with Crippen LogP contribution in [0.15, 0.2) is 12.1 Å². The fourth-order valence-corrected chi connectivity index (χ4v) is 1.20. The highest BCUT2D eigenvalue weighted by Crippen LogP contribution is 2.25. The van der Waals surface area contributed by atoms with Crippen molar-refractivity contribution < 1.29 is 20.1 Å². The zero-order chi connectivity index (χ0) is 10.7. The molecule has 76 valence electrons. The van der Waals surface area contributed by atoms with Gasteiger partial charge in [-0.25, -0.2) is 0 Å². The maximum atomic E-state index is 11.0. The van der Waals surface area contributed by atoms with E-state index in [1.54, 1.807) is 0 Å². The SMILES string of the molecule is CC(=O)c1cc(CO)c(O)c(CO)c1. The molecule has 0 spiro atoms. The van der Waals surface area contributed by atoms with E-state index in [4.69, 9.17) is 10.2 Å². The van der Waals surface area contributed by atoms with Gasteiger partial charge in [0.25, 0.3) is 0 Å². The molecule has 1 aromatic carbocycles. The van der Waals surface area contributed by atoms with Crippen LogP contribution in [0.5, 0.6) is 5.75 Å². The third-order valence-electron chi connectivity index (χ3n) is 2.02. The fourth-order valence-electron chi connectivity index (χ4n) is 1.20. The first kappa shape index (κ1) is 10.7. The van der Waals surface area contributed by atoms with E-state index in [0.29, 0.717) is 5.56 Å². The first-order chi connectivity index (χ1) is 6.60. The highest BCUT2D eigenvalue weighted by molar-refractivity contribution is 5.94. The van der Waals surface area contributed by atoms with Gasteiger partial charge < -0.3 is 15.3 Å². The summed E-state index contributed by atoms with van der Waals surface area (Å²) in [4.78, 5) is 11.0. The van der Waals surface area contributed by atoms with Crippen molar-refractivity contribution in [3.63, 3.8) is 0 Å². The minimum absolute atomic E-state index is 0.153. The van der Waals surface area contributed by atoms with Gasteiger partial charge in [-0.2, -0.15) is 0 Å². The summed E-state index contributed by atoms with van der Waals surface area (Å²) in [6, 6.07) is 2.83. The molecule has 0 aliphatic carbocycles. The van der Waals surface area contributed by atoms with Crippen LogP contribution in [0.3, 0.4) is 0 Å². The number of aliphatic hydroxyl groups is 2. The molecular formula is C10H12O4. The molecule has 4 nitrogen and oxygen atoms in total. The molecule has 0 saturated carbocycles. The van der Waals surface area contributed by atoms with E-state index in [1.807, 2.05) is 0 Å². The second kappa shape index (κ2) is 4.21. The van der Waals surface area contributed by atoms with Gasteiger partial charge in [0, 0.05) is 16.7 Å². The van der Waals surface area contributed by atoms with Gasteiger partial charge >= 0.3 is 0 Å². The lowest BCUT2D eigenvalue weighted by Crippen LogP contribution is -1.99. The minimum atomic E-state index is -0.361. The smallest absolute Gasteiger partial charge is 0.159 e. The van der Waals surface area contributed by atoms with Gasteiger partial charge in [-0.1, -0.05) is 0 Å². The zero-order valence-electron chi connectivity index (χ0n) is 7.82. The highest BCUT2D eigenvalue weighted by atomic mass is 16.3. The van der Waals surface area contributed by atoms with E-state index in [-0.39, 0.29) is 35.9 Å². The Morgan fingerprint density at radius 1 is 1.21 bits per heavy atom. The molecule has 4 heteroatoms. The molecule has 0 radical (unpaired) electrons. The van der Waals surface area contributed by atoms with Crippen LogP contribution in [-0.2, 0) is 13.2 Å². The van der Waals surface area contributed by atoms with Crippen LogP contribution in [0, 0.1) is 0 Å². The fraction of sp³-hybridized carbons (Fsp3) is 0.300. The van der Waals surface area contributed by atoms with E-state index in [9.17, 15) is 9.90 Å². The van der Waals surface area contributed by atoms with Crippen molar-refractivity contribution in [3.8, 4) is 5.75 Å². The summed E-state index contributed by atoms with van der Waals surface area (Å²) in [7, 11) is 0. The number of hydrogen-bond acceptors (Lipinski definition) is 4. The lowest BCUT2D eigenvalue weighted by molar-refractivity contribution is 0.101. The Labute approximate surface area is 81.4 Å². The van der Waals surface area contributed by atoms with E-state index >= 15 is 0 Å². The van der Waals surface area contributed by atoms with Crippen LogP contribution >= 0.6 is 0 Å². The van der Waals surface area contributed by atoms with Gasteiger partial charge in [0.2, 0.25) is 0 Å². The molecule has 0 aliphatic heterocycles. The Kier molecular flexibility index (Phi) is 3.22. The predicted molar refractivity (Wildman–Crippen MR) is 50.0 cm³/mol. The molecule has 1 rings (SSSR count).